The molecule has 0 bridgehead atoms. The summed E-state index contributed by atoms with van der Waals surface area (Å²) in [6.45, 7) is 10.4. The molecule has 5 heteroatoms. The monoisotopic (exact) mass is 444 g/mol. The van der Waals surface area contributed by atoms with Gasteiger partial charge in [-0.05, 0) is 49.6 Å². The number of piperidine rings is 1. The molecule has 1 aliphatic carbocycles. The van der Waals surface area contributed by atoms with Crippen molar-refractivity contribution in [3.05, 3.63) is 110 Å². The molecule has 1 aromatic heterocycles. The van der Waals surface area contributed by atoms with E-state index in [0.717, 1.165) is 36.7 Å². The van der Waals surface area contributed by atoms with Gasteiger partial charge in [0, 0.05) is 37.1 Å². The molecule has 1 saturated heterocycles. The Morgan fingerprint density at radius 3 is 2.42 bits per heavy atom. The second-order valence-electron chi connectivity index (χ2n) is 8.25. The molecule has 0 spiro atoms. The zero-order valence-electron chi connectivity index (χ0n) is 19.2. The number of likely N-dealkylation sites (tertiary alicyclic amines) is 1. The SMILES string of the molecule is C1=CC=C(CN2CCC(NCc3ccc(-c4cncnc4)cc3)CC2)CC=C1.C=CC(=C)F. The van der Waals surface area contributed by atoms with Crippen LogP contribution in [0.1, 0.15) is 24.8 Å². The van der Waals surface area contributed by atoms with E-state index in [1.807, 2.05) is 12.4 Å². The van der Waals surface area contributed by atoms with Crippen LogP contribution in [0.4, 0.5) is 4.39 Å². The van der Waals surface area contributed by atoms with Crippen molar-refractivity contribution in [3.8, 4) is 11.1 Å². The van der Waals surface area contributed by atoms with E-state index in [9.17, 15) is 4.39 Å². The number of aromatic nitrogens is 2. The maximum Gasteiger partial charge on any atom is 0.115 e. The fourth-order valence-electron chi connectivity index (χ4n) is 3.85. The van der Waals surface area contributed by atoms with Gasteiger partial charge < -0.3 is 5.32 Å². The third kappa shape index (κ3) is 8.72. The van der Waals surface area contributed by atoms with E-state index in [1.54, 1.807) is 6.33 Å². The molecule has 0 radical (unpaired) electrons. The number of rotatable bonds is 7. The van der Waals surface area contributed by atoms with E-state index in [1.165, 1.54) is 37.1 Å². The maximum atomic E-state index is 11.1. The van der Waals surface area contributed by atoms with Crippen molar-refractivity contribution < 1.29 is 4.39 Å². The molecule has 0 amide bonds. The number of hydrogen-bond donors (Lipinski definition) is 1. The predicted molar refractivity (Wildman–Crippen MR) is 135 cm³/mol. The van der Waals surface area contributed by atoms with Crippen LogP contribution in [0.5, 0.6) is 0 Å². The van der Waals surface area contributed by atoms with Crippen LogP contribution in [0.15, 0.2) is 104 Å². The highest BCUT2D eigenvalue weighted by Crippen LogP contribution is 2.19. The highest BCUT2D eigenvalue weighted by atomic mass is 19.1. The third-order valence-electron chi connectivity index (χ3n) is 5.75. The lowest BCUT2D eigenvalue weighted by molar-refractivity contribution is 0.210. The van der Waals surface area contributed by atoms with Gasteiger partial charge in [0.2, 0.25) is 0 Å². The standard InChI is InChI=1S/C24H28N4.C4H5F/c1-2-4-6-21(5-3-1)18-28-13-11-24(12-14-28)27-15-20-7-9-22(10-8-20)23-16-25-19-26-17-23;1-3-4(2)5/h1-5,7-10,16-17,19,24,27H,6,11-15,18H2;3H,1-2H2. The molecule has 1 N–H and O–H groups in total. The maximum absolute atomic E-state index is 11.1. The second-order valence-corrected chi connectivity index (χ2v) is 8.25. The number of nitrogens with one attached hydrogen (secondary N) is 1. The minimum absolute atomic E-state index is 0.481. The van der Waals surface area contributed by atoms with Crippen LogP contribution in [-0.4, -0.2) is 40.5 Å². The summed E-state index contributed by atoms with van der Waals surface area (Å²) in [5, 5.41) is 3.74. The highest BCUT2D eigenvalue weighted by molar-refractivity contribution is 5.61. The van der Waals surface area contributed by atoms with Gasteiger partial charge in [-0.1, -0.05) is 73.4 Å². The van der Waals surface area contributed by atoms with Gasteiger partial charge in [-0.2, -0.15) is 0 Å². The Labute approximate surface area is 197 Å². The van der Waals surface area contributed by atoms with Crippen LogP contribution in [-0.2, 0) is 6.54 Å². The molecule has 4 nitrogen and oxygen atoms in total. The summed E-state index contributed by atoms with van der Waals surface area (Å²) in [6.07, 6.45) is 20.8. The molecule has 0 saturated carbocycles. The van der Waals surface area contributed by atoms with E-state index >= 15 is 0 Å². The van der Waals surface area contributed by atoms with E-state index in [2.05, 4.69) is 88.0 Å². The zero-order valence-corrected chi connectivity index (χ0v) is 19.2. The van der Waals surface area contributed by atoms with Gasteiger partial charge in [0.1, 0.15) is 12.2 Å². The molecule has 0 atom stereocenters. The molecule has 1 aromatic carbocycles. The van der Waals surface area contributed by atoms with Crippen molar-refractivity contribution in [1.82, 2.24) is 20.2 Å². The second kappa shape index (κ2) is 13.4. The molecule has 2 aliphatic rings. The van der Waals surface area contributed by atoms with Gasteiger partial charge in [0.25, 0.3) is 0 Å². The number of benzene rings is 1. The van der Waals surface area contributed by atoms with Gasteiger partial charge in [-0.15, -0.1) is 0 Å². The summed E-state index contributed by atoms with van der Waals surface area (Å²) in [5.74, 6) is -0.481. The summed E-state index contributed by atoms with van der Waals surface area (Å²) < 4.78 is 11.1. The van der Waals surface area contributed by atoms with E-state index in [0.29, 0.717) is 6.04 Å². The molecule has 0 unspecified atom stereocenters. The Kier molecular flexibility index (Phi) is 9.95. The fourth-order valence-corrected chi connectivity index (χ4v) is 3.85. The van der Waals surface area contributed by atoms with Crippen molar-refractivity contribution in [2.75, 3.05) is 19.6 Å². The fraction of sp³-hybridized carbons (Fsp3) is 0.286. The van der Waals surface area contributed by atoms with Crippen molar-refractivity contribution in [2.45, 2.75) is 31.8 Å². The molecule has 172 valence electrons. The van der Waals surface area contributed by atoms with Crippen molar-refractivity contribution in [1.29, 1.82) is 0 Å². The highest BCUT2D eigenvalue weighted by Gasteiger charge is 2.19. The van der Waals surface area contributed by atoms with Crippen LogP contribution in [0.3, 0.4) is 0 Å². The lowest BCUT2D eigenvalue weighted by Crippen LogP contribution is -2.42. The Morgan fingerprint density at radius 2 is 1.76 bits per heavy atom. The van der Waals surface area contributed by atoms with E-state index < -0.39 is 5.83 Å². The Morgan fingerprint density at radius 1 is 1.06 bits per heavy atom. The lowest BCUT2D eigenvalue weighted by Gasteiger charge is -2.33. The topological polar surface area (TPSA) is 41.0 Å². The van der Waals surface area contributed by atoms with Crippen molar-refractivity contribution in [2.24, 2.45) is 0 Å². The van der Waals surface area contributed by atoms with E-state index in [-0.39, 0.29) is 0 Å². The van der Waals surface area contributed by atoms with Crippen molar-refractivity contribution >= 4 is 0 Å². The van der Waals surface area contributed by atoms with Crippen LogP contribution in [0.2, 0.25) is 0 Å². The van der Waals surface area contributed by atoms with Gasteiger partial charge in [-0.25, -0.2) is 14.4 Å². The van der Waals surface area contributed by atoms with Crippen molar-refractivity contribution in [3.63, 3.8) is 0 Å². The normalized spacial score (nSPS) is 16.3. The average Bonchev–Trinajstić information content (AvgIpc) is 3.13. The average molecular weight is 445 g/mol. The van der Waals surface area contributed by atoms with E-state index in [4.69, 9.17) is 0 Å². The van der Waals surface area contributed by atoms with Gasteiger partial charge in [-0.3, -0.25) is 4.90 Å². The molecule has 33 heavy (non-hydrogen) atoms. The molecular formula is C28H33FN4. The summed E-state index contributed by atoms with van der Waals surface area (Å²) in [4.78, 5) is 10.8. The molecule has 2 aromatic rings. The molecule has 2 heterocycles. The largest absolute Gasteiger partial charge is 0.310 e. The predicted octanol–water partition coefficient (Wildman–Crippen LogP) is 5.80. The third-order valence-corrected chi connectivity index (χ3v) is 5.75. The smallest absolute Gasteiger partial charge is 0.115 e. The first-order valence-electron chi connectivity index (χ1n) is 11.4. The lowest BCUT2D eigenvalue weighted by atomic mass is 10.0. The summed E-state index contributed by atoms with van der Waals surface area (Å²) in [7, 11) is 0. The van der Waals surface area contributed by atoms with Gasteiger partial charge >= 0.3 is 0 Å². The molecule has 1 fully saturated rings. The first-order chi connectivity index (χ1) is 16.1. The first-order valence-corrected chi connectivity index (χ1v) is 11.4. The van der Waals surface area contributed by atoms with Crippen LogP contribution in [0, 0.1) is 0 Å². The van der Waals surface area contributed by atoms with Crippen LogP contribution < -0.4 is 5.32 Å². The molecule has 1 aliphatic heterocycles. The minimum Gasteiger partial charge on any atom is -0.310 e. The van der Waals surface area contributed by atoms with Crippen LogP contribution >= 0.6 is 0 Å². The number of nitrogens with zero attached hydrogens (tertiary/aromatic N) is 3. The summed E-state index contributed by atoms with van der Waals surface area (Å²) >= 11 is 0. The minimum atomic E-state index is -0.481. The number of hydrogen-bond acceptors (Lipinski definition) is 4. The molecule has 4 rings (SSSR count). The summed E-state index contributed by atoms with van der Waals surface area (Å²) in [6, 6.07) is 9.32. The number of allylic oxidation sites excluding steroid dienone is 7. The zero-order chi connectivity index (χ0) is 23.3. The van der Waals surface area contributed by atoms with Gasteiger partial charge in [0.05, 0.1) is 0 Å². The molecular weight excluding hydrogens is 411 g/mol. The Bertz CT molecular complexity index is 969. The van der Waals surface area contributed by atoms with Crippen LogP contribution in [0.25, 0.3) is 11.1 Å². The quantitative estimate of drug-likeness (QED) is 0.549. The summed E-state index contributed by atoms with van der Waals surface area (Å²) in [5.41, 5.74) is 5.06. The Hall–Kier alpha value is -3.15. The number of halogens is 1. The van der Waals surface area contributed by atoms with Gasteiger partial charge in [0.15, 0.2) is 0 Å². The Balaban J connectivity index is 0.000000555. The first kappa shape index (κ1) is 24.5.